The van der Waals surface area contributed by atoms with Gasteiger partial charge in [0.25, 0.3) is 10.0 Å². The van der Waals surface area contributed by atoms with Crippen LogP contribution in [0.25, 0.3) is 0 Å². The molecule has 0 amide bonds. The van der Waals surface area contributed by atoms with E-state index in [1.54, 1.807) is 29.9 Å². The van der Waals surface area contributed by atoms with Gasteiger partial charge in [0.1, 0.15) is 4.90 Å². The van der Waals surface area contributed by atoms with E-state index in [9.17, 15) is 8.42 Å². The van der Waals surface area contributed by atoms with Crippen molar-refractivity contribution in [1.82, 2.24) is 9.78 Å². The summed E-state index contributed by atoms with van der Waals surface area (Å²) in [4.78, 5) is 1.10. The van der Waals surface area contributed by atoms with Gasteiger partial charge in [-0.3, -0.25) is 9.40 Å². The summed E-state index contributed by atoms with van der Waals surface area (Å²) in [7, 11) is -3.61. The fourth-order valence-corrected chi connectivity index (χ4v) is 3.74. The Hall–Kier alpha value is -1.47. The lowest BCUT2D eigenvalue weighted by atomic mass is 10.3. The Morgan fingerprint density at radius 1 is 1.35 bits per heavy atom. The van der Waals surface area contributed by atoms with Gasteiger partial charge in [-0.1, -0.05) is 12.1 Å². The average Bonchev–Trinajstić information content (AvgIpc) is 2.81. The molecular formula is C13H17N3O2S2. The Morgan fingerprint density at radius 2 is 2.05 bits per heavy atom. The molecule has 1 aromatic carbocycles. The number of nitrogens with zero attached hydrogens (tertiary/aromatic N) is 2. The van der Waals surface area contributed by atoms with Gasteiger partial charge < -0.3 is 0 Å². The highest BCUT2D eigenvalue weighted by molar-refractivity contribution is 7.99. The highest BCUT2D eigenvalue weighted by atomic mass is 32.2. The molecule has 0 saturated heterocycles. The van der Waals surface area contributed by atoms with Crippen molar-refractivity contribution in [2.24, 2.45) is 0 Å². The number of nitrogens with one attached hydrogen (secondary N) is 1. The van der Waals surface area contributed by atoms with E-state index in [4.69, 9.17) is 0 Å². The smallest absolute Gasteiger partial charge is 0.265 e. The number of benzene rings is 1. The standard InChI is InChI=1S/C13H17N3O2S2/c1-4-16-9-13(10(2)14-16)20(17,18)15-11-7-5-6-8-12(11)19-3/h5-9,15H,4H2,1-3H3. The zero-order valence-corrected chi connectivity index (χ0v) is 13.3. The molecule has 1 heterocycles. The zero-order chi connectivity index (χ0) is 14.8. The van der Waals surface area contributed by atoms with Crippen LogP contribution < -0.4 is 4.72 Å². The molecule has 2 aromatic rings. The Balaban J connectivity index is 2.38. The maximum Gasteiger partial charge on any atom is 0.265 e. The van der Waals surface area contributed by atoms with E-state index in [0.29, 0.717) is 17.9 Å². The predicted octanol–water partition coefficient (Wildman–Crippen LogP) is 2.73. The molecule has 5 nitrogen and oxygen atoms in total. The number of hydrogen-bond acceptors (Lipinski definition) is 4. The first-order valence-corrected chi connectivity index (χ1v) is 8.88. The second-order valence-electron chi connectivity index (χ2n) is 4.24. The number of anilines is 1. The monoisotopic (exact) mass is 311 g/mol. The number of rotatable bonds is 5. The zero-order valence-electron chi connectivity index (χ0n) is 11.6. The summed E-state index contributed by atoms with van der Waals surface area (Å²) in [6.45, 7) is 4.25. The quantitative estimate of drug-likeness (QED) is 0.862. The molecule has 0 aliphatic carbocycles. The summed E-state index contributed by atoms with van der Waals surface area (Å²) >= 11 is 1.50. The molecule has 0 spiro atoms. The molecule has 20 heavy (non-hydrogen) atoms. The van der Waals surface area contributed by atoms with E-state index in [1.165, 1.54) is 11.8 Å². The summed E-state index contributed by atoms with van der Waals surface area (Å²) < 4.78 is 29.1. The molecule has 0 bridgehead atoms. The fraction of sp³-hybridized carbons (Fsp3) is 0.308. The fourth-order valence-electron chi connectivity index (χ4n) is 1.85. The first-order chi connectivity index (χ1) is 9.47. The summed E-state index contributed by atoms with van der Waals surface area (Å²) in [5, 5.41) is 4.17. The highest BCUT2D eigenvalue weighted by Gasteiger charge is 2.21. The van der Waals surface area contributed by atoms with Gasteiger partial charge in [-0.2, -0.15) is 5.10 Å². The van der Waals surface area contributed by atoms with Crippen molar-refractivity contribution in [2.75, 3.05) is 11.0 Å². The third-order valence-electron chi connectivity index (χ3n) is 2.87. The third-order valence-corrected chi connectivity index (χ3v) is 5.13. The lowest BCUT2D eigenvalue weighted by Crippen LogP contribution is -2.14. The van der Waals surface area contributed by atoms with Crippen LogP contribution in [-0.4, -0.2) is 24.5 Å². The van der Waals surface area contributed by atoms with Gasteiger partial charge >= 0.3 is 0 Å². The van der Waals surface area contributed by atoms with Crippen LogP contribution in [0.3, 0.4) is 0 Å². The topological polar surface area (TPSA) is 64.0 Å². The Bertz CT molecular complexity index is 708. The van der Waals surface area contributed by atoms with Crippen LogP contribution in [-0.2, 0) is 16.6 Å². The Kier molecular flexibility index (Phi) is 4.39. The molecule has 0 fully saturated rings. The molecule has 2 rings (SSSR count). The number of aromatic nitrogens is 2. The molecule has 1 aromatic heterocycles. The van der Waals surface area contributed by atoms with Crippen molar-refractivity contribution in [3.05, 3.63) is 36.2 Å². The predicted molar refractivity (Wildman–Crippen MR) is 81.7 cm³/mol. The SMILES string of the molecule is CCn1cc(S(=O)(=O)Nc2ccccc2SC)c(C)n1. The molecule has 0 unspecified atom stereocenters. The molecule has 7 heteroatoms. The number of para-hydroxylation sites is 1. The van der Waals surface area contributed by atoms with Gasteiger partial charge in [-0.15, -0.1) is 11.8 Å². The van der Waals surface area contributed by atoms with E-state index >= 15 is 0 Å². The van der Waals surface area contributed by atoms with Crippen LogP contribution in [0.1, 0.15) is 12.6 Å². The summed E-state index contributed by atoms with van der Waals surface area (Å²) in [6, 6.07) is 7.32. The largest absolute Gasteiger partial charge is 0.278 e. The van der Waals surface area contributed by atoms with Crippen LogP contribution in [0.15, 0.2) is 40.3 Å². The summed E-state index contributed by atoms with van der Waals surface area (Å²) in [5.41, 5.74) is 1.09. The minimum absolute atomic E-state index is 0.218. The number of thioether (sulfide) groups is 1. The molecule has 0 radical (unpaired) electrons. The molecule has 1 N–H and O–H groups in total. The van der Waals surface area contributed by atoms with Crippen molar-refractivity contribution in [3.63, 3.8) is 0 Å². The van der Waals surface area contributed by atoms with Gasteiger partial charge in [-0.25, -0.2) is 8.42 Å². The number of hydrogen-bond donors (Lipinski definition) is 1. The molecule has 0 aliphatic rings. The van der Waals surface area contributed by atoms with Gasteiger partial charge in [0.05, 0.1) is 11.4 Å². The first-order valence-electron chi connectivity index (χ1n) is 6.18. The minimum atomic E-state index is -3.61. The second kappa shape index (κ2) is 5.88. The molecule has 0 saturated carbocycles. The maximum absolute atomic E-state index is 12.4. The minimum Gasteiger partial charge on any atom is -0.278 e. The van der Waals surface area contributed by atoms with Gasteiger partial charge in [0.15, 0.2) is 0 Å². The van der Waals surface area contributed by atoms with Crippen molar-refractivity contribution in [1.29, 1.82) is 0 Å². The van der Waals surface area contributed by atoms with E-state index in [0.717, 1.165) is 4.90 Å². The van der Waals surface area contributed by atoms with E-state index in [-0.39, 0.29) is 4.90 Å². The highest BCUT2D eigenvalue weighted by Crippen LogP contribution is 2.27. The lowest BCUT2D eigenvalue weighted by molar-refractivity contribution is 0.600. The van der Waals surface area contributed by atoms with Crippen molar-refractivity contribution >= 4 is 27.5 Å². The number of sulfonamides is 1. The van der Waals surface area contributed by atoms with Gasteiger partial charge in [-0.05, 0) is 32.2 Å². The molecule has 108 valence electrons. The molecule has 0 atom stereocenters. The van der Waals surface area contributed by atoms with Crippen molar-refractivity contribution in [2.45, 2.75) is 30.2 Å². The average molecular weight is 311 g/mol. The maximum atomic E-state index is 12.4. The van der Waals surface area contributed by atoms with Crippen LogP contribution in [0, 0.1) is 6.92 Å². The van der Waals surface area contributed by atoms with Crippen LogP contribution in [0.4, 0.5) is 5.69 Å². The normalized spacial score (nSPS) is 11.6. The van der Waals surface area contributed by atoms with Crippen LogP contribution in [0.5, 0.6) is 0 Å². The third kappa shape index (κ3) is 2.99. The van der Waals surface area contributed by atoms with E-state index < -0.39 is 10.0 Å². The first kappa shape index (κ1) is 14.9. The Labute approximate surface area is 123 Å². The van der Waals surface area contributed by atoms with Crippen LogP contribution >= 0.6 is 11.8 Å². The van der Waals surface area contributed by atoms with Crippen molar-refractivity contribution < 1.29 is 8.42 Å². The van der Waals surface area contributed by atoms with Gasteiger partial charge in [0, 0.05) is 17.6 Å². The van der Waals surface area contributed by atoms with Gasteiger partial charge in [0.2, 0.25) is 0 Å². The molecule has 0 aliphatic heterocycles. The number of aryl methyl sites for hydroxylation is 2. The van der Waals surface area contributed by atoms with E-state index in [1.807, 2.05) is 25.3 Å². The lowest BCUT2D eigenvalue weighted by Gasteiger charge is -2.10. The van der Waals surface area contributed by atoms with Crippen molar-refractivity contribution in [3.8, 4) is 0 Å². The Morgan fingerprint density at radius 3 is 2.65 bits per heavy atom. The summed E-state index contributed by atoms with van der Waals surface area (Å²) in [5.74, 6) is 0. The van der Waals surface area contributed by atoms with Crippen LogP contribution in [0.2, 0.25) is 0 Å². The van der Waals surface area contributed by atoms with E-state index in [2.05, 4.69) is 9.82 Å². The second-order valence-corrected chi connectivity index (χ2v) is 6.74. The molecular weight excluding hydrogens is 294 g/mol. The summed E-state index contributed by atoms with van der Waals surface area (Å²) in [6.07, 6.45) is 3.47.